The van der Waals surface area contributed by atoms with Crippen molar-refractivity contribution in [2.45, 2.75) is 51.6 Å². The molecule has 152 valence electrons. The summed E-state index contributed by atoms with van der Waals surface area (Å²) in [5.41, 5.74) is 1.42. The lowest BCUT2D eigenvalue weighted by Crippen LogP contribution is -2.47. The smallest absolute Gasteiger partial charge is 0.320 e. The second kappa shape index (κ2) is 11.3. The van der Waals surface area contributed by atoms with E-state index in [1.165, 1.54) is 12.0 Å². The van der Waals surface area contributed by atoms with Crippen LogP contribution in [0.5, 0.6) is 0 Å². The molecule has 2 aliphatic rings. The van der Waals surface area contributed by atoms with E-state index in [1.54, 1.807) is 0 Å². The van der Waals surface area contributed by atoms with E-state index >= 15 is 0 Å². The average Bonchev–Trinajstić information content (AvgIpc) is 3.39. The van der Waals surface area contributed by atoms with Crippen LogP contribution in [0.4, 0.5) is 4.79 Å². The number of hydrogen-bond donors (Lipinski definition) is 1. The summed E-state index contributed by atoms with van der Waals surface area (Å²) < 4.78 is 0. The number of amides is 2. The molecule has 2 fully saturated rings. The van der Waals surface area contributed by atoms with Gasteiger partial charge in [-0.25, -0.2) is 4.79 Å². The summed E-state index contributed by atoms with van der Waals surface area (Å²) in [5.74, 6) is 0. The Morgan fingerprint density at radius 3 is 2.56 bits per heavy atom. The Labute approximate surface area is 165 Å². The molecule has 5 nitrogen and oxygen atoms in total. The van der Waals surface area contributed by atoms with Crippen molar-refractivity contribution in [3.63, 3.8) is 0 Å². The van der Waals surface area contributed by atoms with E-state index in [1.807, 2.05) is 37.7 Å². The van der Waals surface area contributed by atoms with Crippen LogP contribution in [-0.2, 0) is 6.42 Å². The van der Waals surface area contributed by atoms with Gasteiger partial charge in [-0.3, -0.25) is 0 Å². The maximum atomic E-state index is 12.7. The highest BCUT2D eigenvalue weighted by Crippen LogP contribution is 2.19. The Balaban J connectivity index is 0.00000126. The first-order valence-corrected chi connectivity index (χ1v) is 10.6. The van der Waals surface area contributed by atoms with Crippen LogP contribution in [0.15, 0.2) is 30.3 Å². The van der Waals surface area contributed by atoms with Crippen molar-refractivity contribution in [1.29, 1.82) is 0 Å². The molecule has 1 N–H and O–H groups in total. The molecule has 1 aromatic carbocycles. The van der Waals surface area contributed by atoms with E-state index in [2.05, 4.69) is 40.5 Å². The molecule has 2 saturated heterocycles. The number of likely N-dealkylation sites (N-methyl/N-ethyl adjacent to an activating group) is 2. The molecule has 0 aliphatic carbocycles. The number of likely N-dealkylation sites (tertiary alicyclic amines) is 2. The normalized spacial score (nSPS) is 22.4. The van der Waals surface area contributed by atoms with Crippen molar-refractivity contribution < 1.29 is 4.79 Å². The molecule has 2 aliphatic heterocycles. The summed E-state index contributed by atoms with van der Waals surface area (Å²) in [4.78, 5) is 19.2. The van der Waals surface area contributed by atoms with Crippen LogP contribution in [0.2, 0.25) is 0 Å². The maximum absolute atomic E-state index is 12.7. The molecule has 2 heterocycles. The van der Waals surface area contributed by atoms with Gasteiger partial charge in [-0.2, -0.15) is 0 Å². The third-order valence-electron chi connectivity index (χ3n) is 5.75. The van der Waals surface area contributed by atoms with Crippen LogP contribution in [0, 0.1) is 0 Å². The lowest BCUT2D eigenvalue weighted by atomic mass is 10.1. The first-order chi connectivity index (χ1) is 13.2. The molecule has 0 aromatic heterocycles. The van der Waals surface area contributed by atoms with Gasteiger partial charge in [-0.15, -0.1) is 0 Å². The largest absolute Gasteiger partial charge is 0.323 e. The average molecular weight is 375 g/mol. The maximum Gasteiger partial charge on any atom is 0.320 e. The number of benzene rings is 1. The van der Waals surface area contributed by atoms with E-state index in [0.717, 1.165) is 52.0 Å². The summed E-state index contributed by atoms with van der Waals surface area (Å²) in [6.07, 6.45) is 4.48. The van der Waals surface area contributed by atoms with Crippen molar-refractivity contribution >= 4 is 6.03 Å². The monoisotopic (exact) mass is 374 g/mol. The van der Waals surface area contributed by atoms with E-state index < -0.39 is 0 Å². The van der Waals surface area contributed by atoms with Crippen molar-refractivity contribution in [2.24, 2.45) is 0 Å². The molecule has 2 amide bonds. The zero-order valence-corrected chi connectivity index (χ0v) is 17.7. The highest BCUT2D eigenvalue weighted by Gasteiger charge is 2.33. The summed E-state index contributed by atoms with van der Waals surface area (Å²) >= 11 is 0. The Kier molecular flexibility index (Phi) is 9.08. The first-order valence-electron chi connectivity index (χ1n) is 10.6. The number of aryl methyl sites for hydroxylation is 1. The SMILES string of the molecule is CC.CN[C@H]1CCN(C(=O)N(C)[C@@H]2CCN(CCCc3ccccc3)C2)C1. The van der Waals surface area contributed by atoms with Crippen molar-refractivity contribution in [1.82, 2.24) is 20.0 Å². The fourth-order valence-corrected chi connectivity index (χ4v) is 4.03. The standard InChI is InChI=1S/C20H32N4O.C2H6/c1-21-18-10-14-24(15-18)20(25)22(2)19-11-13-23(16-19)12-6-9-17-7-4-3-5-8-17;1-2/h3-5,7-8,18-19,21H,6,9-16H2,1-2H3;1-2H3/t18-,19+;/m0./s1. The van der Waals surface area contributed by atoms with Gasteiger partial charge >= 0.3 is 6.03 Å². The summed E-state index contributed by atoms with van der Waals surface area (Å²) in [6.45, 7) is 8.96. The van der Waals surface area contributed by atoms with Crippen LogP contribution < -0.4 is 5.32 Å². The Bertz CT molecular complexity index is 551. The highest BCUT2D eigenvalue weighted by atomic mass is 16.2. The van der Waals surface area contributed by atoms with Gasteiger partial charge in [0.05, 0.1) is 0 Å². The molecular formula is C22H38N4O. The number of rotatable bonds is 6. The molecule has 0 unspecified atom stereocenters. The van der Waals surface area contributed by atoms with Gasteiger partial charge in [-0.1, -0.05) is 44.2 Å². The van der Waals surface area contributed by atoms with E-state index in [-0.39, 0.29) is 6.03 Å². The highest BCUT2D eigenvalue weighted by molar-refractivity contribution is 5.75. The molecule has 1 aromatic rings. The summed E-state index contributed by atoms with van der Waals surface area (Å²) in [6, 6.07) is 11.7. The minimum atomic E-state index is 0.203. The van der Waals surface area contributed by atoms with Crippen molar-refractivity contribution in [3.8, 4) is 0 Å². The van der Waals surface area contributed by atoms with Gasteiger partial charge in [-0.05, 0) is 44.8 Å². The number of urea groups is 1. The lowest BCUT2D eigenvalue weighted by Gasteiger charge is -2.29. The molecule has 0 radical (unpaired) electrons. The third kappa shape index (κ3) is 6.22. The molecule has 3 rings (SSSR count). The second-order valence-electron chi connectivity index (χ2n) is 7.45. The second-order valence-corrected chi connectivity index (χ2v) is 7.45. The summed E-state index contributed by atoms with van der Waals surface area (Å²) in [5, 5.41) is 3.28. The van der Waals surface area contributed by atoms with Gasteiger partial charge < -0.3 is 20.0 Å². The van der Waals surface area contributed by atoms with Gasteiger partial charge in [0, 0.05) is 45.3 Å². The van der Waals surface area contributed by atoms with Crippen molar-refractivity contribution in [2.75, 3.05) is 46.8 Å². The van der Waals surface area contributed by atoms with Gasteiger partial charge in [0.25, 0.3) is 0 Å². The molecule has 2 atom stereocenters. The van der Waals surface area contributed by atoms with Crippen LogP contribution in [0.3, 0.4) is 0 Å². The number of carbonyl (C=O) groups excluding carboxylic acids is 1. The summed E-state index contributed by atoms with van der Waals surface area (Å²) in [7, 11) is 3.96. The van der Waals surface area contributed by atoms with Gasteiger partial charge in [0.1, 0.15) is 0 Å². The Morgan fingerprint density at radius 2 is 1.89 bits per heavy atom. The predicted octanol–water partition coefficient (Wildman–Crippen LogP) is 3.07. The Hall–Kier alpha value is -1.59. The van der Waals surface area contributed by atoms with Crippen LogP contribution in [0.1, 0.15) is 38.7 Å². The van der Waals surface area contributed by atoms with E-state index in [0.29, 0.717) is 12.1 Å². The molecule has 0 saturated carbocycles. The zero-order chi connectivity index (χ0) is 19.6. The van der Waals surface area contributed by atoms with Crippen LogP contribution >= 0.6 is 0 Å². The van der Waals surface area contributed by atoms with Crippen molar-refractivity contribution in [3.05, 3.63) is 35.9 Å². The molecular weight excluding hydrogens is 336 g/mol. The fourth-order valence-electron chi connectivity index (χ4n) is 4.03. The van der Waals surface area contributed by atoms with E-state index in [4.69, 9.17) is 0 Å². The van der Waals surface area contributed by atoms with Crippen LogP contribution in [0.25, 0.3) is 0 Å². The minimum Gasteiger partial charge on any atom is -0.323 e. The van der Waals surface area contributed by atoms with Gasteiger partial charge in [0.2, 0.25) is 0 Å². The number of hydrogen-bond acceptors (Lipinski definition) is 3. The molecule has 0 bridgehead atoms. The molecule has 27 heavy (non-hydrogen) atoms. The predicted molar refractivity (Wildman–Crippen MR) is 113 cm³/mol. The number of carbonyl (C=O) groups is 1. The van der Waals surface area contributed by atoms with Crippen LogP contribution in [-0.4, -0.2) is 79.6 Å². The molecule has 5 heteroatoms. The van der Waals surface area contributed by atoms with Gasteiger partial charge in [0.15, 0.2) is 0 Å². The first kappa shape index (κ1) is 21.7. The lowest BCUT2D eigenvalue weighted by molar-refractivity contribution is 0.154. The van der Waals surface area contributed by atoms with E-state index in [9.17, 15) is 4.79 Å². The quantitative estimate of drug-likeness (QED) is 0.832. The third-order valence-corrected chi connectivity index (χ3v) is 5.75. The topological polar surface area (TPSA) is 38.8 Å². The number of nitrogens with one attached hydrogen (secondary N) is 1. The zero-order valence-electron chi connectivity index (χ0n) is 17.7. The minimum absolute atomic E-state index is 0.203. The number of nitrogens with zero attached hydrogens (tertiary/aromatic N) is 3. The fraction of sp³-hybridized carbons (Fsp3) is 0.682. The molecule has 0 spiro atoms. The Morgan fingerprint density at radius 1 is 1.15 bits per heavy atom.